The summed E-state index contributed by atoms with van der Waals surface area (Å²) < 4.78 is 11.6. The fraction of sp³-hybridized carbons (Fsp3) is 0.192. The summed E-state index contributed by atoms with van der Waals surface area (Å²) >= 11 is 0. The second-order valence-electron chi connectivity index (χ2n) is 7.80. The molecular formula is C26H22N2O4. The number of aromatic nitrogens is 1. The summed E-state index contributed by atoms with van der Waals surface area (Å²) in [5.74, 6) is 0.707. The summed E-state index contributed by atoms with van der Waals surface area (Å²) in [6.07, 6.45) is 1.74. The van der Waals surface area contributed by atoms with E-state index in [1.165, 1.54) is 0 Å². The summed E-state index contributed by atoms with van der Waals surface area (Å²) in [6.45, 7) is 3.89. The molecule has 0 spiro atoms. The number of benzene rings is 2. The Morgan fingerprint density at radius 1 is 0.906 bits per heavy atom. The molecule has 0 unspecified atom stereocenters. The molecule has 0 atom stereocenters. The zero-order valence-corrected chi connectivity index (χ0v) is 17.7. The number of hydrogen-bond donors (Lipinski definition) is 0. The van der Waals surface area contributed by atoms with Crippen molar-refractivity contribution in [2.75, 3.05) is 26.3 Å². The van der Waals surface area contributed by atoms with E-state index in [4.69, 9.17) is 9.15 Å². The van der Waals surface area contributed by atoms with Crippen LogP contribution >= 0.6 is 0 Å². The van der Waals surface area contributed by atoms with E-state index in [-0.39, 0.29) is 11.7 Å². The van der Waals surface area contributed by atoms with Crippen LogP contribution in [0.4, 0.5) is 0 Å². The molecule has 1 saturated heterocycles. The minimum Gasteiger partial charge on any atom is -0.454 e. The predicted molar refractivity (Wildman–Crippen MR) is 122 cm³/mol. The molecular weight excluding hydrogens is 404 g/mol. The number of carbonyl (C=O) groups is 2. The molecule has 0 N–H and O–H groups in total. The fourth-order valence-corrected chi connectivity index (χ4v) is 3.95. The maximum absolute atomic E-state index is 12.9. The van der Waals surface area contributed by atoms with E-state index in [0.29, 0.717) is 48.8 Å². The minimum atomic E-state index is 0.00569. The number of ether oxygens (including phenoxy) is 1. The Bertz CT molecular complexity index is 1300. The smallest absolute Gasteiger partial charge is 0.254 e. The first kappa shape index (κ1) is 20.2. The molecule has 4 aromatic rings. The number of morpholine rings is 1. The second kappa shape index (κ2) is 8.40. The Morgan fingerprint density at radius 3 is 2.44 bits per heavy atom. The highest BCUT2D eigenvalue weighted by molar-refractivity contribution is 5.98. The molecule has 0 saturated carbocycles. The van der Waals surface area contributed by atoms with Crippen molar-refractivity contribution in [2.45, 2.75) is 6.92 Å². The normalized spacial score (nSPS) is 14.0. The van der Waals surface area contributed by atoms with Gasteiger partial charge in [-0.15, -0.1) is 0 Å². The van der Waals surface area contributed by atoms with Crippen LogP contribution in [0, 0.1) is 0 Å². The number of amides is 1. The van der Waals surface area contributed by atoms with Gasteiger partial charge in [-0.3, -0.25) is 14.6 Å². The maximum Gasteiger partial charge on any atom is 0.254 e. The van der Waals surface area contributed by atoms with Crippen molar-refractivity contribution in [1.29, 1.82) is 0 Å². The van der Waals surface area contributed by atoms with Gasteiger partial charge in [0.2, 0.25) is 0 Å². The Labute approximate surface area is 185 Å². The molecule has 1 amide bonds. The lowest BCUT2D eigenvalue weighted by Gasteiger charge is -2.27. The SMILES string of the molecule is CC(=O)c1ccc(-c2cc3nccc(-c4cccc(C(=O)N5CCOCC5)c4)c3o2)cc1. The monoisotopic (exact) mass is 426 g/mol. The number of Topliss-reactive ketones (excluding diaryl/α,β-unsaturated/α-hetero) is 1. The number of furan rings is 1. The van der Waals surface area contributed by atoms with Crippen molar-refractivity contribution < 1.29 is 18.7 Å². The molecule has 160 valence electrons. The van der Waals surface area contributed by atoms with Crippen molar-refractivity contribution in [1.82, 2.24) is 9.88 Å². The number of hydrogen-bond acceptors (Lipinski definition) is 5. The molecule has 0 aliphatic carbocycles. The van der Waals surface area contributed by atoms with Crippen LogP contribution in [-0.2, 0) is 4.74 Å². The Hall–Kier alpha value is -3.77. The number of rotatable bonds is 4. The lowest BCUT2D eigenvalue weighted by Crippen LogP contribution is -2.40. The highest BCUT2D eigenvalue weighted by Crippen LogP contribution is 2.34. The molecule has 0 bridgehead atoms. The topological polar surface area (TPSA) is 72.6 Å². The Balaban J connectivity index is 1.51. The molecule has 5 rings (SSSR count). The van der Waals surface area contributed by atoms with Crippen LogP contribution in [0.15, 0.2) is 71.3 Å². The van der Waals surface area contributed by atoms with Crippen LogP contribution in [0.1, 0.15) is 27.6 Å². The standard InChI is InChI=1S/C26H22N2O4/c1-17(29)18-5-7-19(8-6-18)24-16-23-25(32-24)22(9-10-27-23)20-3-2-4-21(15-20)26(30)28-11-13-31-14-12-28/h2-10,15-16H,11-14H2,1H3. The number of carbonyl (C=O) groups excluding carboxylic acids is 2. The van der Waals surface area contributed by atoms with Gasteiger partial charge >= 0.3 is 0 Å². The van der Waals surface area contributed by atoms with Gasteiger partial charge in [0.15, 0.2) is 11.4 Å². The number of nitrogens with zero attached hydrogens (tertiary/aromatic N) is 2. The quantitative estimate of drug-likeness (QED) is 0.437. The summed E-state index contributed by atoms with van der Waals surface area (Å²) in [5, 5.41) is 0. The lowest BCUT2D eigenvalue weighted by atomic mass is 10.0. The molecule has 1 fully saturated rings. The molecule has 32 heavy (non-hydrogen) atoms. The average molecular weight is 426 g/mol. The molecule has 1 aliphatic rings. The molecule has 3 heterocycles. The third-order valence-electron chi connectivity index (χ3n) is 5.71. The number of pyridine rings is 1. The average Bonchev–Trinajstić information content (AvgIpc) is 3.29. The van der Waals surface area contributed by atoms with Gasteiger partial charge < -0.3 is 14.1 Å². The maximum atomic E-state index is 12.9. The van der Waals surface area contributed by atoms with E-state index in [9.17, 15) is 9.59 Å². The predicted octanol–water partition coefficient (Wildman–Crippen LogP) is 4.84. The first-order chi connectivity index (χ1) is 15.6. The highest BCUT2D eigenvalue weighted by Gasteiger charge is 2.20. The molecule has 6 heteroatoms. The van der Waals surface area contributed by atoms with Crippen LogP contribution in [-0.4, -0.2) is 47.9 Å². The van der Waals surface area contributed by atoms with E-state index in [0.717, 1.165) is 22.2 Å². The third kappa shape index (κ3) is 3.81. The van der Waals surface area contributed by atoms with Gasteiger partial charge in [0.25, 0.3) is 5.91 Å². The zero-order valence-electron chi connectivity index (χ0n) is 17.7. The summed E-state index contributed by atoms with van der Waals surface area (Å²) in [6, 6.07) is 18.7. The van der Waals surface area contributed by atoms with E-state index < -0.39 is 0 Å². The highest BCUT2D eigenvalue weighted by atomic mass is 16.5. The Morgan fingerprint density at radius 2 is 1.69 bits per heavy atom. The van der Waals surface area contributed by atoms with Gasteiger partial charge in [0, 0.05) is 47.6 Å². The van der Waals surface area contributed by atoms with Crippen LogP contribution in [0.25, 0.3) is 33.6 Å². The number of ketones is 1. The van der Waals surface area contributed by atoms with Crippen LogP contribution < -0.4 is 0 Å². The fourth-order valence-electron chi connectivity index (χ4n) is 3.95. The van der Waals surface area contributed by atoms with Crippen molar-refractivity contribution in [3.8, 4) is 22.5 Å². The third-order valence-corrected chi connectivity index (χ3v) is 5.71. The second-order valence-corrected chi connectivity index (χ2v) is 7.80. The van der Waals surface area contributed by atoms with E-state index >= 15 is 0 Å². The van der Waals surface area contributed by atoms with E-state index in [1.54, 1.807) is 25.3 Å². The van der Waals surface area contributed by atoms with Gasteiger partial charge in [-0.25, -0.2) is 0 Å². The molecule has 0 radical (unpaired) electrons. The summed E-state index contributed by atoms with van der Waals surface area (Å²) in [7, 11) is 0. The number of fused-ring (bicyclic) bond motifs is 1. The lowest BCUT2D eigenvalue weighted by molar-refractivity contribution is 0.0303. The van der Waals surface area contributed by atoms with Gasteiger partial charge in [-0.05, 0) is 30.7 Å². The van der Waals surface area contributed by atoms with Gasteiger partial charge in [0.1, 0.15) is 11.3 Å². The Kier molecular flexibility index (Phi) is 5.29. The zero-order chi connectivity index (χ0) is 22.1. The summed E-state index contributed by atoms with van der Waals surface area (Å²) in [5.41, 5.74) is 5.33. The molecule has 1 aliphatic heterocycles. The molecule has 2 aromatic heterocycles. The van der Waals surface area contributed by atoms with Gasteiger partial charge in [-0.2, -0.15) is 0 Å². The minimum absolute atomic E-state index is 0.00569. The van der Waals surface area contributed by atoms with Gasteiger partial charge in [-0.1, -0.05) is 36.4 Å². The molecule has 2 aromatic carbocycles. The molecule has 6 nitrogen and oxygen atoms in total. The van der Waals surface area contributed by atoms with E-state index in [2.05, 4.69) is 4.98 Å². The largest absolute Gasteiger partial charge is 0.454 e. The summed E-state index contributed by atoms with van der Waals surface area (Å²) in [4.78, 5) is 30.7. The first-order valence-electron chi connectivity index (χ1n) is 10.6. The van der Waals surface area contributed by atoms with Crippen molar-refractivity contribution in [2.24, 2.45) is 0 Å². The van der Waals surface area contributed by atoms with Crippen molar-refractivity contribution >= 4 is 22.8 Å². The first-order valence-corrected chi connectivity index (χ1v) is 10.6. The van der Waals surface area contributed by atoms with Crippen LogP contribution in [0.2, 0.25) is 0 Å². The van der Waals surface area contributed by atoms with Crippen molar-refractivity contribution in [3.63, 3.8) is 0 Å². The van der Waals surface area contributed by atoms with Crippen LogP contribution in [0.3, 0.4) is 0 Å². The van der Waals surface area contributed by atoms with Crippen molar-refractivity contribution in [3.05, 3.63) is 78.0 Å². The van der Waals surface area contributed by atoms with Gasteiger partial charge in [0.05, 0.1) is 13.2 Å². The van der Waals surface area contributed by atoms with E-state index in [1.807, 2.05) is 53.4 Å². The van der Waals surface area contributed by atoms with Crippen LogP contribution in [0.5, 0.6) is 0 Å².